The van der Waals surface area contributed by atoms with Gasteiger partial charge in [-0.15, -0.1) is 0 Å². The van der Waals surface area contributed by atoms with Gasteiger partial charge in [-0.3, -0.25) is 9.59 Å². The fraction of sp³-hybridized carbons (Fsp3) is 0.333. The summed E-state index contributed by atoms with van der Waals surface area (Å²) >= 11 is 5.94. The highest BCUT2D eigenvalue weighted by atomic mass is 35.5. The SMILES string of the molecule is COC(=O)CCC(=O)c1ccc(OC)cc1Cl. The van der Waals surface area contributed by atoms with Crippen LogP contribution in [0.1, 0.15) is 23.2 Å². The minimum Gasteiger partial charge on any atom is -0.497 e. The molecule has 17 heavy (non-hydrogen) atoms. The molecule has 0 N–H and O–H groups in total. The molecule has 0 spiro atoms. The molecule has 1 aromatic rings. The summed E-state index contributed by atoms with van der Waals surface area (Å²) in [5.74, 6) is -0.0226. The normalized spacial score (nSPS) is 9.82. The summed E-state index contributed by atoms with van der Waals surface area (Å²) in [5, 5.41) is 0.319. The van der Waals surface area contributed by atoms with Gasteiger partial charge in [-0.05, 0) is 18.2 Å². The Labute approximate surface area is 104 Å². The summed E-state index contributed by atoms with van der Waals surface area (Å²) in [6.45, 7) is 0. The molecule has 0 radical (unpaired) electrons. The van der Waals surface area contributed by atoms with Gasteiger partial charge in [-0.1, -0.05) is 11.6 Å². The molecule has 0 saturated heterocycles. The van der Waals surface area contributed by atoms with Crippen molar-refractivity contribution in [3.63, 3.8) is 0 Å². The van der Waals surface area contributed by atoms with Gasteiger partial charge in [0.25, 0.3) is 0 Å². The predicted octanol–water partition coefficient (Wildman–Crippen LogP) is 2.48. The van der Waals surface area contributed by atoms with Crippen molar-refractivity contribution >= 4 is 23.4 Å². The first-order valence-electron chi connectivity index (χ1n) is 5.02. The van der Waals surface area contributed by atoms with Crippen molar-refractivity contribution in [3.05, 3.63) is 28.8 Å². The molecule has 0 amide bonds. The average molecular weight is 257 g/mol. The number of halogens is 1. The highest BCUT2D eigenvalue weighted by molar-refractivity contribution is 6.34. The number of carbonyl (C=O) groups is 2. The highest BCUT2D eigenvalue weighted by Crippen LogP contribution is 2.23. The van der Waals surface area contributed by atoms with Crippen LogP contribution in [0.15, 0.2) is 18.2 Å². The molecule has 0 saturated carbocycles. The second-order valence-corrected chi connectivity index (χ2v) is 3.75. The van der Waals surface area contributed by atoms with Gasteiger partial charge in [0.2, 0.25) is 0 Å². The maximum Gasteiger partial charge on any atom is 0.305 e. The first-order chi connectivity index (χ1) is 8.08. The number of esters is 1. The quantitative estimate of drug-likeness (QED) is 0.600. The van der Waals surface area contributed by atoms with Gasteiger partial charge in [-0.2, -0.15) is 0 Å². The zero-order chi connectivity index (χ0) is 12.8. The Morgan fingerprint density at radius 1 is 1.24 bits per heavy atom. The van der Waals surface area contributed by atoms with Crippen LogP contribution in [0.5, 0.6) is 5.75 Å². The molecule has 0 aliphatic carbocycles. The van der Waals surface area contributed by atoms with E-state index in [0.717, 1.165) is 0 Å². The smallest absolute Gasteiger partial charge is 0.305 e. The fourth-order valence-corrected chi connectivity index (χ4v) is 1.58. The Bertz CT molecular complexity index is 429. The molecule has 1 aromatic carbocycles. The Balaban J connectivity index is 2.72. The molecule has 0 fully saturated rings. The maximum atomic E-state index is 11.8. The van der Waals surface area contributed by atoms with Gasteiger partial charge in [0.05, 0.1) is 25.7 Å². The molecule has 0 aromatic heterocycles. The van der Waals surface area contributed by atoms with E-state index in [1.54, 1.807) is 18.2 Å². The molecule has 0 heterocycles. The molecule has 0 bridgehead atoms. The van der Waals surface area contributed by atoms with Crippen molar-refractivity contribution in [2.75, 3.05) is 14.2 Å². The van der Waals surface area contributed by atoms with E-state index in [1.807, 2.05) is 0 Å². The molecule has 5 heteroatoms. The van der Waals surface area contributed by atoms with Crippen LogP contribution in [0, 0.1) is 0 Å². The fourth-order valence-electron chi connectivity index (χ4n) is 1.30. The molecule has 1 rings (SSSR count). The molecular formula is C12H13ClO4. The van der Waals surface area contributed by atoms with Crippen LogP contribution >= 0.6 is 11.6 Å². The summed E-state index contributed by atoms with van der Waals surface area (Å²) in [7, 11) is 2.80. The third-order valence-corrected chi connectivity index (χ3v) is 2.57. The number of Topliss-reactive ketones (excluding diaryl/α,β-unsaturated/α-hetero) is 1. The summed E-state index contributed by atoms with van der Waals surface area (Å²) in [6.07, 6.45) is 0.135. The van der Waals surface area contributed by atoms with Crippen LogP contribution in [0.3, 0.4) is 0 Å². The minimum atomic E-state index is -0.414. The van der Waals surface area contributed by atoms with Gasteiger partial charge >= 0.3 is 5.97 Å². The number of ether oxygens (including phenoxy) is 2. The van der Waals surface area contributed by atoms with E-state index in [0.29, 0.717) is 16.3 Å². The summed E-state index contributed by atoms with van der Waals surface area (Å²) in [6, 6.07) is 4.80. The van der Waals surface area contributed by atoms with Crippen LogP contribution < -0.4 is 4.74 Å². The molecule has 4 nitrogen and oxygen atoms in total. The lowest BCUT2D eigenvalue weighted by Crippen LogP contribution is -2.06. The summed E-state index contributed by atoms with van der Waals surface area (Å²) in [5.41, 5.74) is 0.386. The van der Waals surface area contributed by atoms with E-state index in [-0.39, 0.29) is 18.6 Å². The van der Waals surface area contributed by atoms with Gasteiger partial charge in [0, 0.05) is 12.0 Å². The van der Waals surface area contributed by atoms with Gasteiger partial charge in [-0.25, -0.2) is 0 Å². The Morgan fingerprint density at radius 3 is 2.47 bits per heavy atom. The summed E-state index contributed by atoms with van der Waals surface area (Å²) < 4.78 is 9.43. The number of rotatable bonds is 5. The molecule has 0 unspecified atom stereocenters. The maximum absolute atomic E-state index is 11.8. The number of ketones is 1. The van der Waals surface area contributed by atoms with E-state index in [1.165, 1.54) is 14.2 Å². The zero-order valence-corrected chi connectivity index (χ0v) is 10.4. The standard InChI is InChI=1S/C12H13ClO4/c1-16-8-3-4-9(10(13)7-8)11(14)5-6-12(15)17-2/h3-4,7H,5-6H2,1-2H3. The van der Waals surface area contributed by atoms with Crippen molar-refractivity contribution in [1.82, 2.24) is 0 Å². The molecule has 0 aliphatic rings. The minimum absolute atomic E-state index is 0.0533. The Hall–Kier alpha value is -1.55. The number of hydrogen-bond donors (Lipinski definition) is 0. The lowest BCUT2D eigenvalue weighted by molar-refractivity contribution is -0.140. The predicted molar refractivity (Wildman–Crippen MR) is 63.6 cm³/mol. The van der Waals surface area contributed by atoms with Crippen LogP contribution in [-0.4, -0.2) is 26.0 Å². The van der Waals surface area contributed by atoms with Crippen molar-refractivity contribution in [2.45, 2.75) is 12.8 Å². The second-order valence-electron chi connectivity index (χ2n) is 3.35. The largest absolute Gasteiger partial charge is 0.497 e. The lowest BCUT2D eigenvalue weighted by Gasteiger charge is -2.05. The van der Waals surface area contributed by atoms with E-state index in [2.05, 4.69) is 4.74 Å². The third kappa shape index (κ3) is 3.75. The molecule has 92 valence electrons. The third-order valence-electron chi connectivity index (χ3n) is 2.26. The van der Waals surface area contributed by atoms with E-state index >= 15 is 0 Å². The van der Waals surface area contributed by atoms with Crippen LogP contribution in [-0.2, 0) is 9.53 Å². The molecular weight excluding hydrogens is 244 g/mol. The van der Waals surface area contributed by atoms with Crippen LogP contribution in [0.25, 0.3) is 0 Å². The van der Waals surface area contributed by atoms with Crippen LogP contribution in [0.2, 0.25) is 5.02 Å². The Morgan fingerprint density at radius 2 is 1.94 bits per heavy atom. The number of methoxy groups -OCH3 is 2. The van der Waals surface area contributed by atoms with Crippen LogP contribution in [0.4, 0.5) is 0 Å². The first kappa shape index (κ1) is 13.5. The number of benzene rings is 1. The molecule has 0 atom stereocenters. The van der Waals surface area contributed by atoms with E-state index in [4.69, 9.17) is 16.3 Å². The topological polar surface area (TPSA) is 52.6 Å². The van der Waals surface area contributed by atoms with Gasteiger partial charge in [0.15, 0.2) is 5.78 Å². The van der Waals surface area contributed by atoms with E-state index in [9.17, 15) is 9.59 Å². The highest BCUT2D eigenvalue weighted by Gasteiger charge is 2.13. The number of hydrogen-bond acceptors (Lipinski definition) is 4. The monoisotopic (exact) mass is 256 g/mol. The first-order valence-corrected chi connectivity index (χ1v) is 5.40. The van der Waals surface area contributed by atoms with Crippen molar-refractivity contribution in [2.24, 2.45) is 0 Å². The van der Waals surface area contributed by atoms with Gasteiger partial charge < -0.3 is 9.47 Å². The van der Waals surface area contributed by atoms with Gasteiger partial charge in [0.1, 0.15) is 5.75 Å². The van der Waals surface area contributed by atoms with Crippen molar-refractivity contribution in [1.29, 1.82) is 0 Å². The van der Waals surface area contributed by atoms with Crippen molar-refractivity contribution < 1.29 is 19.1 Å². The van der Waals surface area contributed by atoms with Crippen molar-refractivity contribution in [3.8, 4) is 5.75 Å². The average Bonchev–Trinajstić information content (AvgIpc) is 2.35. The summed E-state index contributed by atoms with van der Waals surface area (Å²) in [4.78, 5) is 22.7. The molecule has 0 aliphatic heterocycles. The lowest BCUT2D eigenvalue weighted by atomic mass is 10.1. The Kier molecular flexibility index (Phi) is 4.97. The van der Waals surface area contributed by atoms with E-state index < -0.39 is 5.97 Å². The second kappa shape index (κ2) is 6.25. The number of carbonyl (C=O) groups excluding carboxylic acids is 2. The zero-order valence-electron chi connectivity index (χ0n) is 9.66.